The summed E-state index contributed by atoms with van der Waals surface area (Å²) in [6.07, 6.45) is 14.8. The Kier molecular flexibility index (Phi) is 2.40. The lowest BCUT2D eigenvalue weighted by molar-refractivity contribution is 0.434. The van der Waals surface area contributed by atoms with Crippen molar-refractivity contribution < 1.29 is 0 Å². The third-order valence-electron chi connectivity index (χ3n) is 2.69. The van der Waals surface area contributed by atoms with Crippen LogP contribution in [0.2, 0.25) is 0 Å². The van der Waals surface area contributed by atoms with Crippen molar-refractivity contribution in [1.29, 1.82) is 0 Å². The van der Waals surface area contributed by atoms with Crippen molar-refractivity contribution in [2.45, 2.75) is 19.3 Å². The molecule has 2 atom stereocenters. The first-order valence-corrected chi connectivity index (χ1v) is 4.80. The maximum atomic E-state index is 4.41. The Morgan fingerprint density at radius 3 is 2.83 bits per heavy atom. The second-order valence-corrected chi connectivity index (χ2v) is 3.58. The first kappa shape index (κ1) is 7.78. The average molecular weight is 161 g/mol. The minimum atomic E-state index is 0.673. The van der Waals surface area contributed by atoms with Crippen molar-refractivity contribution in [1.82, 2.24) is 0 Å². The zero-order valence-electron chi connectivity index (χ0n) is 7.32. The summed E-state index contributed by atoms with van der Waals surface area (Å²) in [6, 6.07) is 0. The number of rotatable bonds is 0. The fraction of sp³-hybridized carbons (Fsp3) is 0.545. The first-order chi connectivity index (χ1) is 5.97. The second-order valence-electron chi connectivity index (χ2n) is 3.58. The van der Waals surface area contributed by atoms with Crippen molar-refractivity contribution in [2.75, 3.05) is 6.54 Å². The van der Waals surface area contributed by atoms with Crippen molar-refractivity contribution in [3.63, 3.8) is 0 Å². The van der Waals surface area contributed by atoms with Crippen LogP contribution in [0.5, 0.6) is 0 Å². The minimum Gasteiger partial charge on any atom is -0.297 e. The van der Waals surface area contributed by atoms with Crippen molar-refractivity contribution in [2.24, 2.45) is 16.8 Å². The van der Waals surface area contributed by atoms with Gasteiger partial charge in [0.25, 0.3) is 0 Å². The normalized spacial score (nSPS) is 34.0. The van der Waals surface area contributed by atoms with E-state index in [4.69, 9.17) is 0 Å². The zero-order valence-corrected chi connectivity index (χ0v) is 7.32. The van der Waals surface area contributed by atoms with Gasteiger partial charge in [-0.3, -0.25) is 4.99 Å². The molecule has 0 bridgehead atoms. The lowest BCUT2D eigenvalue weighted by Gasteiger charge is -2.23. The van der Waals surface area contributed by atoms with Gasteiger partial charge < -0.3 is 0 Å². The molecule has 1 aliphatic heterocycles. The molecule has 2 aliphatic rings. The van der Waals surface area contributed by atoms with Crippen LogP contribution in [0.3, 0.4) is 0 Å². The van der Waals surface area contributed by atoms with Crippen LogP contribution < -0.4 is 0 Å². The SMILES string of the molecule is C1=CC2CCCC=NCC2C=C1. The molecule has 0 saturated heterocycles. The van der Waals surface area contributed by atoms with Gasteiger partial charge in [0, 0.05) is 12.5 Å². The van der Waals surface area contributed by atoms with Crippen LogP contribution in [0, 0.1) is 11.8 Å². The van der Waals surface area contributed by atoms with E-state index < -0.39 is 0 Å². The third kappa shape index (κ3) is 1.66. The van der Waals surface area contributed by atoms with E-state index in [1.807, 2.05) is 0 Å². The first-order valence-electron chi connectivity index (χ1n) is 4.80. The molecule has 1 heteroatoms. The molecule has 0 amide bonds. The molecule has 0 aromatic heterocycles. The van der Waals surface area contributed by atoms with E-state index in [9.17, 15) is 0 Å². The van der Waals surface area contributed by atoms with Gasteiger partial charge in [-0.25, -0.2) is 0 Å². The van der Waals surface area contributed by atoms with Crippen LogP contribution in [-0.4, -0.2) is 12.8 Å². The maximum absolute atomic E-state index is 4.41. The Balaban J connectivity index is 2.09. The van der Waals surface area contributed by atoms with Gasteiger partial charge in [0.1, 0.15) is 0 Å². The molecular weight excluding hydrogens is 146 g/mol. The van der Waals surface area contributed by atoms with E-state index >= 15 is 0 Å². The molecule has 12 heavy (non-hydrogen) atoms. The standard InChI is InChI=1S/C11H15N/c1-2-7-11-9-12-8-4-3-6-10(11)5-1/h1-2,5,7-8,10-11H,3-4,6,9H2. The predicted octanol–water partition coefficient (Wildman–Crippen LogP) is 2.60. The largest absolute Gasteiger partial charge is 0.297 e. The summed E-state index contributed by atoms with van der Waals surface area (Å²) in [5.41, 5.74) is 0. The number of fused-ring (bicyclic) bond motifs is 1. The molecule has 2 unspecified atom stereocenters. The van der Waals surface area contributed by atoms with Crippen molar-refractivity contribution in [3.8, 4) is 0 Å². The second kappa shape index (κ2) is 3.70. The highest BCUT2D eigenvalue weighted by Gasteiger charge is 2.18. The molecule has 0 aromatic carbocycles. The molecule has 0 saturated carbocycles. The van der Waals surface area contributed by atoms with Gasteiger partial charge in [-0.1, -0.05) is 24.3 Å². The molecule has 1 aliphatic carbocycles. The Morgan fingerprint density at radius 2 is 1.92 bits per heavy atom. The van der Waals surface area contributed by atoms with E-state index in [1.54, 1.807) is 0 Å². The van der Waals surface area contributed by atoms with Crippen LogP contribution in [0.1, 0.15) is 19.3 Å². The lowest BCUT2D eigenvalue weighted by atomic mass is 9.84. The van der Waals surface area contributed by atoms with Gasteiger partial charge in [0.2, 0.25) is 0 Å². The van der Waals surface area contributed by atoms with E-state index in [1.165, 1.54) is 19.3 Å². The molecular formula is C11H15N. The topological polar surface area (TPSA) is 12.4 Å². The van der Waals surface area contributed by atoms with E-state index in [-0.39, 0.29) is 0 Å². The monoisotopic (exact) mass is 161 g/mol. The molecule has 2 rings (SSSR count). The molecule has 0 radical (unpaired) electrons. The smallest absolute Gasteiger partial charge is 0.0453 e. The number of nitrogens with zero attached hydrogens (tertiary/aromatic N) is 1. The molecule has 1 nitrogen and oxygen atoms in total. The van der Waals surface area contributed by atoms with Crippen LogP contribution in [-0.2, 0) is 0 Å². The summed E-state index contributed by atoms with van der Waals surface area (Å²) >= 11 is 0. The third-order valence-corrected chi connectivity index (χ3v) is 2.69. The number of hydrogen-bond acceptors (Lipinski definition) is 1. The quantitative estimate of drug-likeness (QED) is 0.518. The summed E-state index contributed by atoms with van der Waals surface area (Å²) in [6.45, 7) is 0.992. The van der Waals surface area contributed by atoms with Gasteiger partial charge >= 0.3 is 0 Å². The number of aliphatic imine (C=N–C) groups is 1. The molecule has 0 fully saturated rings. The van der Waals surface area contributed by atoms with Crippen molar-refractivity contribution in [3.05, 3.63) is 24.3 Å². The molecule has 64 valence electrons. The summed E-state index contributed by atoms with van der Waals surface area (Å²) < 4.78 is 0. The average Bonchev–Trinajstić information content (AvgIpc) is 2.06. The van der Waals surface area contributed by atoms with Gasteiger partial charge in [-0.15, -0.1) is 0 Å². The highest BCUT2D eigenvalue weighted by molar-refractivity contribution is 5.57. The fourth-order valence-corrected chi connectivity index (χ4v) is 1.94. The zero-order chi connectivity index (χ0) is 8.23. The predicted molar refractivity (Wildman–Crippen MR) is 52.5 cm³/mol. The lowest BCUT2D eigenvalue weighted by Crippen LogP contribution is -2.17. The number of allylic oxidation sites excluding steroid dienone is 3. The highest BCUT2D eigenvalue weighted by atomic mass is 14.7. The highest BCUT2D eigenvalue weighted by Crippen LogP contribution is 2.26. The summed E-state index contributed by atoms with van der Waals surface area (Å²) in [5.74, 6) is 1.43. The van der Waals surface area contributed by atoms with Gasteiger partial charge in [0.05, 0.1) is 0 Å². The Hall–Kier alpha value is -0.850. The molecule has 0 aromatic rings. The summed E-state index contributed by atoms with van der Waals surface area (Å²) in [7, 11) is 0. The molecule has 1 heterocycles. The Bertz CT molecular complexity index is 225. The summed E-state index contributed by atoms with van der Waals surface area (Å²) in [5, 5.41) is 0. The van der Waals surface area contributed by atoms with Gasteiger partial charge in [-0.05, 0) is 31.4 Å². The fourth-order valence-electron chi connectivity index (χ4n) is 1.94. The van der Waals surface area contributed by atoms with Gasteiger partial charge in [0.15, 0.2) is 0 Å². The van der Waals surface area contributed by atoms with E-state index in [0.29, 0.717) is 5.92 Å². The molecule has 0 spiro atoms. The summed E-state index contributed by atoms with van der Waals surface area (Å²) in [4.78, 5) is 4.41. The Morgan fingerprint density at radius 1 is 1.08 bits per heavy atom. The van der Waals surface area contributed by atoms with Crippen LogP contribution in [0.15, 0.2) is 29.3 Å². The van der Waals surface area contributed by atoms with Crippen LogP contribution in [0.4, 0.5) is 0 Å². The minimum absolute atomic E-state index is 0.673. The Labute approximate surface area is 73.9 Å². The van der Waals surface area contributed by atoms with E-state index in [0.717, 1.165) is 12.5 Å². The van der Waals surface area contributed by atoms with Crippen LogP contribution >= 0.6 is 0 Å². The van der Waals surface area contributed by atoms with Gasteiger partial charge in [-0.2, -0.15) is 0 Å². The maximum Gasteiger partial charge on any atom is 0.0453 e. The van der Waals surface area contributed by atoms with Crippen LogP contribution in [0.25, 0.3) is 0 Å². The molecule has 0 N–H and O–H groups in total. The number of hydrogen-bond donors (Lipinski definition) is 0. The van der Waals surface area contributed by atoms with E-state index in [2.05, 4.69) is 35.5 Å². The van der Waals surface area contributed by atoms with Crippen molar-refractivity contribution >= 4 is 6.21 Å².